The normalized spacial score (nSPS) is 20.6. The average Bonchev–Trinajstić information content (AvgIpc) is 2.80. The maximum Gasteiger partial charge on any atom is 0.182 e. The third-order valence-electron chi connectivity index (χ3n) is 6.25. The quantitative estimate of drug-likeness (QED) is 0.687. The summed E-state index contributed by atoms with van der Waals surface area (Å²) >= 11 is 0. The van der Waals surface area contributed by atoms with E-state index < -0.39 is 0 Å². The molecule has 0 spiro atoms. The zero-order valence-corrected chi connectivity index (χ0v) is 18.0. The van der Waals surface area contributed by atoms with Crippen LogP contribution in [0.1, 0.15) is 33.1 Å². The fourth-order valence-corrected chi connectivity index (χ4v) is 4.62. The van der Waals surface area contributed by atoms with Crippen molar-refractivity contribution >= 4 is 5.78 Å². The van der Waals surface area contributed by atoms with E-state index in [1.165, 1.54) is 5.56 Å². The largest absolute Gasteiger partial charge is 0.379 e. The summed E-state index contributed by atoms with van der Waals surface area (Å²) in [5.74, 6) is 0.207. The van der Waals surface area contributed by atoms with Crippen LogP contribution in [0.15, 0.2) is 48.5 Å². The number of aryl methyl sites for hydroxylation is 2. The highest BCUT2D eigenvalue weighted by Crippen LogP contribution is 2.32. The number of ketones is 1. The van der Waals surface area contributed by atoms with Gasteiger partial charge in [-0.05, 0) is 31.0 Å². The minimum absolute atomic E-state index is 0.0133. The van der Waals surface area contributed by atoms with E-state index in [-0.39, 0.29) is 17.9 Å². The molecule has 2 heterocycles. The van der Waals surface area contributed by atoms with Gasteiger partial charge in [0.05, 0.1) is 38.5 Å². The number of hydrogen-bond donors (Lipinski definition) is 0. The highest BCUT2D eigenvalue weighted by Gasteiger charge is 2.40. The molecular weight excluding hydrogens is 376 g/mol. The molecule has 2 aromatic carbocycles. The van der Waals surface area contributed by atoms with Gasteiger partial charge in [-0.1, -0.05) is 48.0 Å². The van der Waals surface area contributed by atoms with Crippen molar-refractivity contribution in [2.75, 3.05) is 52.6 Å². The summed E-state index contributed by atoms with van der Waals surface area (Å²) in [7, 11) is 0. The van der Waals surface area contributed by atoms with Crippen LogP contribution in [0.5, 0.6) is 0 Å². The summed E-state index contributed by atoms with van der Waals surface area (Å²) in [5, 5.41) is 0. The smallest absolute Gasteiger partial charge is 0.182 e. The molecule has 0 bridgehead atoms. The predicted octanol–water partition coefficient (Wildman–Crippen LogP) is 3.26. The zero-order valence-electron chi connectivity index (χ0n) is 18.0. The molecule has 160 valence electrons. The number of hydrogen-bond acceptors (Lipinski definition) is 5. The van der Waals surface area contributed by atoms with Crippen LogP contribution in [0.25, 0.3) is 0 Å². The first-order valence-electron chi connectivity index (χ1n) is 10.9. The fourth-order valence-electron chi connectivity index (χ4n) is 4.62. The zero-order chi connectivity index (χ0) is 20.9. The minimum Gasteiger partial charge on any atom is -0.379 e. The van der Waals surface area contributed by atoms with Crippen LogP contribution >= 0.6 is 0 Å². The maximum absolute atomic E-state index is 14.1. The van der Waals surface area contributed by atoms with E-state index in [4.69, 9.17) is 9.47 Å². The van der Waals surface area contributed by atoms with Crippen LogP contribution in [-0.4, -0.2) is 74.2 Å². The van der Waals surface area contributed by atoms with E-state index in [2.05, 4.69) is 53.1 Å². The van der Waals surface area contributed by atoms with Crippen molar-refractivity contribution in [3.05, 3.63) is 70.8 Å². The van der Waals surface area contributed by atoms with Gasteiger partial charge < -0.3 is 9.47 Å². The van der Waals surface area contributed by atoms with Gasteiger partial charge >= 0.3 is 0 Å². The molecule has 5 nitrogen and oxygen atoms in total. The van der Waals surface area contributed by atoms with E-state index in [0.29, 0.717) is 26.4 Å². The lowest BCUT2D eigenvalue weighted by Crippen LogP contribution is -2.55. The minimum atomic E-state index is -0.255. The number of rotatable bonds is 6. The second-order valence-electron chi connectivity index (χ2n) is 8.28. The first-order valence-corrected chi connectivity index (χ1v) is 10.9. The summed E-state index contributed by atoms with van der Waals surface area (Å²) in [4.78, 5) is 18.9. The second-order valence-corrected chi connectivity index (χ2v) is 8.28. The van der Waals surface area contributed by atoms with E-state index in [1.807, 2.05) is 19.1 Å². The SMILES string of the molecule is Cc1ccc(C)c(C(=O)[C@@H]([C@H](c2ccccc2)N2CCOCC2)N2CCOCC2)c1. The predicted molar refractivity (Wildman–Crippen MR) is 118 cm³/mol. The Kier molecular flexibility index (Phi) is 6.95. The van der Waals surface area contributed by atoms with Gasteiger partial charge in [-0.25, -0.2) is 0 Å². The number of ether oxygens (including phenoxy) is 2. The molecule has 2 aliphatic rings. The Morgan fingerprint density at radius 2 is 1.43 bits per heavy atom. The summed E-state index contributed by atoms with van der Waals surface area (Å²) < 4.78 is 11.3. The van der Waals surface area contributed by atoms with Gasteiger partial charge in [0.1, 0.15) is 0 Å². The standard InChI is InChI=1S/C25H32N2O3/c1-19-8-9-20(2)22(18-19)25(28)24(27-12-16-30-17-13-27)23(21-6-4-3-5-7-21)26-10-14-29-15-11-26/h3-9,18,23-24H,10-17H2,1-2H3/t23-,24+/m0/s1. The maximum atomic E-state index is 14.1. The molecular formula is C25H32N2O3. The first kappa shape index (κ1) is 21.2. The number of benzene rings is 2. The van der Waals surface area contributed by atoms with Crippen molar-refractivity contribution in [2.24, 2.45) is 0 Å². The average molecular weight is 409 g/mol. The molecule has 5 heteroatoms. The molecule has 0 unspecified atom stereocenters. The van der Waals surface area contributed by atoms with Crippen LogP contribution in [0.3, 0.4) is 0 Å². The molecule has 30 heavy (non-hydrogen) atoms. The molecule has 4 rings (SSSR count). The summed E-state index contributed by atoms with van der Waals surface area (Å²) in [6.07, 6.45) is 0. The number of morpholine rings is 2. The Labute approximate surface area is 179 Å². The molecule has 2 saturated heterocycles. The van der Waals surface area contributed by atoms with Crippen molar-refractivity contribution < 1.29 is 14.3 Å². The molecule has 2 atom stereocenters. The third-order valence-corrected chi connectivity index (χ3v) is 6.25. The van der Waals surface area contributed by atoms with E-state index in [9.17, 15) is 4.79 Å². The summed E-state index contributed by atoms with van der Waals surface area (Å²) in [6.45, 7) is 10.0. The lowest BCUT2D eigenvalue weighted by molar-refractivity contribution is -0.0301. The fraction of sp³-hybridized carbons (Fsp3) is 0.480. The summed E-state index contributed by atoms with van der Waals surface area (Å²) in [5.41, 5.74) is 4.18. The molecule has 0 N–H and O–H groups in total. The van der Waals surface area contributed by atoms with E-state index in [0.717, 1.165) is 42.9 Å². The van der Waals surface area contributed by atoms with Gasteiger partial charge in [0.25, 0.3) is 0 Å². The molecule has 0 radical (unpaired) electrons. The van der Waals surface area contributed by atoms with Gasteiger partial charge in [-0.3, -0.25) is 14.6 Å². The van der Waals surface area contributed by atoms with Gasteiger partial charge in [-0.2, -0.15) is 0 Å². The Balaban J connectivity index is 1.79. The van der Waals surface area contributed by atoms with E-state index >= 15 is 0 Å². The van der Waals surface area contributed by atoms with Gasteiger partial charge in [0.2, 0.25) is 0 Å². The number of carbonyl (C=O) groups excluding carboxylic acids is 1. The number of nitrogens with zero attached hydrogens (tertiary/aromatic N) is 2. The van der Waals surface area contributed by atoms with Crippen molar-refractivity contribution in [2.45, 2.75) is 25.9 Å². The van der Waals surface area contributed by atoms with Gasteiger partial charge in [0, 0.05) is 31.7 Å². The molecule has 2 aromatic rings. The topological polar surface area (TPSA) is 42.0 Å². The highest BCUT2D eigenvalue weighted by atomic mass is 16.5. The van der Waals surface area contributed by atoms with Crippen LogP contribution < -0.4 is 0 Å². The molecule has 0 amide bonds. The van der Waals surface area contributed by atoms with Crippen LogP contribution in [0.4, 0.5) is 0 Å². The lowest BCUT2D eigenvalue weighted by Gasteiger charge is -2.44. The number of Topliss-reactive ketones (excluding diaryl/α,β-unsaturated/α-hetero) is 1. The Morgan fingerprint density at radius 1 is 0.833 bits per heavy atom. The van der Waals surface area contributed by atoms with Crippen molar-refractivity contribution in [3.8, 4) is 0 Å². The molecule has 0 aliphatic carbocycles. The van der Waals surface area contributed by atoms with Crippen LogP contribution in [-0.2, 0) is 9.47 Å². The van der Waals surface area contributed by atoms with E-state index in [1.54, 1.807) is 0 Å². The van der Waals surface area contributed by atoms with Crippen molar-refractivity contribution in [1.82, 2.24) is 9.80 Å². The lowest BCUT2D eigenvalue weighted by atomic mass is 9.87. The van der Waals surface area contributed by atoms with Gasteiger partial charge in [-0.15, -0.1) is 0 Å². The van der Waals surface area contributed by atoms with Crippen LogP contribution in [0, 0.1) is 13.8 Å². The number of carbonyl (C=O) groups is 1. The van der Waals surface area contributed by atoms with Gasteiger partial charge in [0.15, 0.2) is 5.78 Å². The second kappa shape index (κ2) is 9.84. The van der Waals surface area contributed by atoms with Crippen molar-refractivity contribution in [3.63, 3.8) is 0 Å². The van der Waals surface area contributed by atoms with Crippen molar-refractivity contribution in [1.29, 1.82) is 0 Å². The first-order chi connectivity index (χ1) is 14.6. The molecule has 2 aliphatic heterocycles. The Bertz CT molecular complexity index is 843. The van der Waals surface area contributed by atoms with Crippen LogP contribution in [0.2, 0.25) is 0 Å². The Hall–Kier alpha value is -2.05. The molecule has 0 saturated carbocycles. The highest BCUT2D eigenvalue weighted by molar-refractivity contribution is 6.02. The third kappa shape index (κ3) is 4.65. The molecule has 2 fully saturated rings. The monoisotopic (exact) mass is 408 g/mol. The Morgan fingerprint density at radius 3 is 2.07 bits per heavy atom. The molecule has 0 aromatic heterocycles. The summed E-state index contributed by atoms with van der Waals surface area (Å²) in [6, 6.07) is 16.4.